The minimum Gasteiger partial charge on any atom is -0.481 e. The van der Waals surface area contributed by atoms with Crippen molar-refractivity contribution in [1.82, 2.24) is 0 Å². The van der Waals surface area contributed by atoms with Gasteiger partial charge in [0, 0.05) is 0 Å². The summed E-state index contributed by atoms with van der Waals surface area (Å²) in [5.74, 6) is -4.59. The fourth-order valence-electron chi connectivity index (χ4n) is 2.87. The van der Waals surface area contributed by atoms with Crippen LogP contribution < -0.4 is 11.1 Å². The lowest BCUT2D eigenvalue weighted by atomic mass is 9.82. The van der Waals surface area contributed by atoms with Gasteiger partial charge in [-0.2, -0.15) is 0 Å². The van der Waals surface area contributed by atoms with E-state index in [0.29, 0.717) is 5.56 Å². The Bertz CT molecular complexity index is 782. The summed E-state index contributed by atoms with van der Waals surface area (Å²) in [6, 6.07) is 0. The second-order valence-electron chi connectivity index (χ2n) is 5.83. The van der Waals surface area contributed by atoms with Crippen LogP contribution in [0.5, 0.6) is 0 Å². The first-order valence-electron chi connectivity index (χ1n) is 8.06. The number of amides is 2. The van der Waals surface area contributed by atoms with Gasteiger partial charge in [0.25, 0.3) is 5.91 Å². The van der Waals surface area contributed by atoms with Crippen LogP contribution in [0.2, 0.25) is 0 Å². The average molecular weight is 380 g/mol. The second kappa shape index (κ2) is 8.13. The number of allylic oxidation sites excluding steroid dienone is 2. The van der Waals surface area contributed by atoms with Crippen molar-refractivity contribution in [2.24, 2.45) is 17.6 Å². The number of ether oxygens (including phenoxy) is 1. The third kappa shape index (κ3) is 3.93. The topological polar surface area (TPSA) is 136 Å². The van der Waals surface area contributed by atoms with E-state index in [4.69, 9.17) is 10.5 Å². The van der Waals surface area contributed by atoms with Crippen LogP contribution in [0.15, 0.2) is 12.2 Å². The first-order valence-corrected chi connectivity index (χ1v) is 8.88. The van der Waals surface area contributed by atoms with Gasteiger partial charge in [-0.15, -0.1) is 11.3 Å². The Morgan fingerprint density at radius 3 is 2.42 bits per heavy atom. The molecule has 1 heterocycles. The zero-order valence-electron chi connectivity index (χ0n) is 14.4. The fraction of sp³-hybridized carbons (Fsp3) is 0.412. The van der Waals surface area contributed by atoms with E-state index in [1.54, 1.807) is 26.0 Å². The molecule has 1 aromatic heterocycles. The van der Waals surface area contributed by atoms with Gasteiger partial charge < -0.3 is 20.9 Å². The van der Waals surface area contributed by atoms with E-state index in [1.807, 2.05) is 0 Å². The number of carboxylic acid groups (broad SMARTS) is 1. The SMILES string of the molecule is CCOC(=O)c1c(NC(=O)[C@@H]2CC=CC[C@H]2C(=O)O)sc(C(N)=O)c1C. The minimum absolute atomic E-state index is 0.0669. The molecule has 0 aliphatic heterocycles. The number of hydrogen-bond donors (Lipinski definition) is 3. The normalized spacial score (nSPS) is 19.0. The summed E-state index contributed by atoms with van der Waals surface area (Å²) in [7, 11) is 0. The molecule has 1 aromatic rings. The molecule has 26 heavy (non-hydrogen) atoms. The molecule has 8 nitrogen and oxygen atoms in total. The summed E-state index contributed by atoms with van der Waals surface area (Å²) in [5.41, 5.74) is 5.72. The number of carbonyl (C=O) groups excluding carboxylic acids is 3. The van der Waals surface area contributed by atoms with Crippen molar-refractivity contribution in [2.45, 2.75) is 26.7 Å². The fourth-order valence-corrected chi connectivity index (χ4v) is 3.92. The Kier molecular flexibility index (Phi) is 6.14. The number of nitrogens with one attached hydrogen (secondary N) is 1. The van der Waals surface area contributed by atoms with Crippen LogP contribution in [-0.2, 0) is 14.3 Å². The van der Waals surface area contributed by atoms with E-state index in [0.717, 1.165) is 11.3 Å². The maximum Gasteiger partial charge on any atom is 0.341 e. The summed E-state index contributed by atoms with van der Waals surface area (Å²) < 4.78 is 4.99. The molecule has 9 heteroatoms. The number of primary amides is 1. The highest BCUT2D eigenvalue weighted by Gasteiger charge is 2.35. The largest absolute Gasteiger partial charge is 0.481 e. The maximum atomic E-state index is 12.6. The molecule has 0 unspecified atom stereocenters. The van der Waals surface area contributed by atoms with Crippen molar-refractivity contribution in [3.05, 3.63) is 28.2 Å². The van der Waals surface area contributed by atoms with E-state index in [-0.39, 0.29) is 34.9 Å². The highest BCUT2D eigenvalue weighted by atomic mass is 32.1. The summed E-state index contributed by atoms with van der Waals surface area (Å²) in [4.78, 5) is 48.0. The van der Waals surface area contributed by atoms with E-state index < -0.39 is 35.6 Å². The molecule has 0 fully saturated rings. The summed E-state index contributed by atoms with van der Waals surface area (Å²) in [6.45, 7) is 3.31. The van der Waals surface area contributed by atoms with Crippen LogP contribution >= 0.6 is 11.3 Å². The number of anilines is 1. The maximum absolute atomic E-state index is 12.6. The molecule has 1 aliphatic rings. The number of esters is 1. The lowest BCUT2D eigenvalue weighted by Crippen LogP contribution is -2.34. The number of nitrogens with two attached hydrogens (primary N) is 1. The number of hydrogen-bond acceptors (Lipinski definition) is 6. The monoisotopic (exact) mass is 380 g/mol. The molecule has 0 aromatic carbocycles. The first kappa shape index (κ1) is 19.6. The van der Waals surface area contributed by atoms with Crippen LogP contribution in [0.25, 0.3) is 0 Å². The quantitative estimate of drug-likeness (QED) is 0.510. The third-order valence-corrected chi connectivity index (χ3v) is 5.40. The smallest absolute Gasteiger partial charge is 0.341 e. The molecule has 2 rings (SSSR count). The van der Waals surface area contributed by atoms with Crippen molar-refractivity contribution >= 4 is 40.1 Å². The molecule has 0 saturated carbocycles. The van der Waals surface area contributed by atoms with Gasteiger partial charge in [0.05, 0.1) is 28.9 Å². The minimum atomic E-state index is -1.06. The molecule has 0 radical (unpaired) electrons. The summed E-state index contributed by atoms with van der Waals surface area (Å²) in [6.07, 6.45) is 4.02. The molecule has 0 bridgehead atoms. The molecule has 1 aliphatic carbocycles. The third-order valence-electron chi connectivity index (χ3n) is 4.17. The molecular formula is C17H20N2O6S. The molecule has 0 saturated heterocycles. The molecule has 140 valence electrons. The Morgan fingerprint density at radius 1 is 1.27 bits per heavy atom. The van der Waals surface area contributed by atoms with Crippen LogP contribution in [0.4, 0.5) is 5.00 Å². The van der Waals surface area contributed by atoms with Crippen molar-refractivity contribution in [3.63, 3.8) is 0 Å². The predicted octanol–water partition coefficient (Wildman–Crippen LogP) is 1.94. The summed E-state index contributed by atoms with van der Waals surface area (Å²) >= 11 is 0.878. The van der Waals surface area contributed by atoms with Gasteiger partial charge in [-0.1, -0.05) is 12.2 Å². The Labute approximate surface area is 154 Å². The van der Waals surface area contributed by atoms with Crippen LogP contribution in [0, 0.1) is 18.8 Å². The second-order valence-corrected chi connectivity index (χ2v) is 6.85. The van der Waals surface area contributed by atoms with Gasteiger partial charge in [0.2, 0.25) is 5.91 Å². The highest BCUT2D eigenvalue weighted by Crippen LogP contribution is 2.35. The predicted molar refractivity (Wildman–Crippen MR) is 95.1 cm³/mol. The van der Waals surface area contributed by atoms with E-state index in [2.05, 4.69) is 5.32 Å². The van der Waals surface area contributed by atoms with Crippen LogP contribution in [0.3, 0.4) is 0 Å². The van der Waals surface area contributed by atoms with Gasteiger partial charge in [0.15, 0.2) is 0 Å². The molecular weight excluding hydrogens is 360 g/mol. The average Bonchev–Trinajstić information content (AvgIpc) is 2.91. The van der Waals surface area contributed by atoms with E-state index >= 15 is 0 Å². The van der Waals surface area contributed by atoms with Gasteiger partial charge >= 0.3 is 11.9 Å². The lowest BCUT2D eigenvalue weighted by Gasteiger charge is -2.24. The van der Waals surface area contributed by atoms with E-state index in [9.17, 15) is 24.3 Å². The zero-order chi connectivity index (χ0) is 19.4. The van der Waals surface area contributed by atoms with Gasteiger partial charge in [-0.05, 0) is 32.3 Å². The van der Waals surface area contributed by atoms with E-state index in [1.165, 1.54) is 0 Å². The molecule has 2 atom stereocenters. The number of thiophene rings is 1. The Balaban J connectivity index is 2.35. The van der Waals surface area contributed by atoms with Gasteiger partial charge in [-0.3, -0.25) is 14.4 Å². The Hall–Kier alpha value is -2.68. The lowest BCUT2D eigenvalue weighted by molar-refractivity contribution is -0.146. The molecule has 4 N–H and O–H groups in total. The van der Waals surface area contributed by atoms with Crippen molar-refractivity contribution in [3.8, 4) is 0 Å². The zero-order valence-corrected chi connectivity index (χ0v) is 15.2. The molecule has 0 spiro atoms. The van der Waals surface area contributed by atoms with Crippen molar-refractivity contribution < 1.29 is 29.0 Å². The Morgan fingerprint density at radius 2 is 1.88 bits per heavy atom. The van der Waals surface area contributed by atoms with Crippen molar-refractivity contribution in [2.75, 3.05) is 11.9 Å². The number of carbonyl (C=O) groups is 4. The number of aliphatic carboxylic acids is 1. The van der Waals surface area contributed by atoms with Crippen LogP contribution in [-0.4, -0.2) is 35.5 Å². The van der Waals surface area contributed by atoms with Crippen molar-refractivity contribution in [1.29, 1.82) is 0 Å². The van der Waals surface area contributed by atoms with Gasteiger partial charge in [-0.25, -0.2) is 4.79 Å². The standard InChI is InChI=1S/C17H20N2O6S/c1-3-25-17(24)11-8(2)12(13(18)20)26-15(11)19-14(21)9-6-4-5-7-10(9)16(22)23/h4-5,9-10H,3,6-7H2,1-2H3,(H2,18,20)(H,19,21)(H,22,23)/t9-,10-/m1/s1. The number of carboxylic acids is 1. The number of rotatable bonds is 6. The molecule has 2 amide bonds. The van der Waals surface area contributed by atoms with Gasteiger partial charge in [0.1, 0.15) is 5.00 Å². The highest BCUT2D eigenvalue weighted by molar-refractivity contribution is 7.18. The van der Waals surface area contributed by atoms with Crippen LogP contribution in [0.1, 0.15) is 45.4 Å². The first-order chi connectivity index (χ1) is 12.3. The summed E-state index contributed by atoms with van der Waals surface area (Å²) in [5, 5.41) is 12.0.